The van der Waals surface area contributed by atoms with E-state index in [1.807, 2.05) is 6.92 Å². The number of aryl methyl sites for hydroxylation is 1. The van der Waals surface area contributed by atoms with Crippen LogP contribution in [0.25, 0.3) is 11.5 Å². The number of hydrogen-bond acceptors (Lipinski definition) is 5. The van der Waals surface area contributed by atoms with Crippen LogP contribution in [-0.2, 0) is 11.3 Å². The van der Waals surface area contributed by atoms with Crippen LogP contribution in [0.4, 0.5) is 4.39 Å². The summed E-state index contributed by atoms with van der Waals surface area (Å²) in [4.78, 5) is 6.90. The van der Waals surface area contributed by atoms with Gasteiger partial charge in [0.2, 0.25) is 5.89 Å². The molecule has 138 valence electrons. The predicted molar refractivity (Wildman–Crippen MR) is 92.8 cm³/mol. The first-order valence-corrected chi connectivity index (χ1v) is 9.32. The molecule has 5 nitrogen and oxygen atoms in total. The molecular formula is C20H23FN2O3. The molecule has 4 atom stereocenters. The molecule has 1 spiro atoms. The summed E-state index contributed by atoms with van der Waals surface area (Å²) >= 11 is 0. The molecule has 0 unspecified atom stereocenters. The molecule has 3 aliphatic rings. The summed E-state index contributed by atoms with van der Waals surface area (Å²) in [6, 6.07) is 6.53. The lowest BCUT2D eigenvalue weighted by molar-refractivity contribution is 0.000267. The number of halogens is 1. The van der Waals surface area contributed by atoms with Crippen molar-refractivity contribution in [2.24, 2.45) is 11.8 Å². The number of ether oxygens (including phenoxy) is 1. The smallest absolute Gasteiger partial charge is 0.229 e. The molecule has 4 heterocycles. The van der Waals surface area contributed by atoms with Gasteiger partial charge in [-0.15, -0.1) is 0 Å². The first-order chi connectivity index (χ1) is 12.6. The van der Waals surface area contributed by atoms with Gasteiger partial charge in [-0.3, -0.25) is 4.90 Å². The van der Waals surface area contributed by atoms with Crippen molar-refractivity contribution in [1.82, 2.24) is 9.88 Å². The van der Waals surface area contributed by atoms with Crippen LogP contribution < -0.4 is 0 Å². The maximum absolute atomic E-state index is 14.0. The zero-order chi connectivity index (χ0) is 17.9. The van der Waals surface area contributed by atoms with Gasteiger partial charge in [-0.2, -0.15) is 0 Å². The molecule has 2 bridgehead atoms. The molecule has 6 heteroatoms. The second-order valence-corrected chi connectivity index (χ2v) is 7.88. The van der Waals surface area contributed by atoms with Crippen molar-refractivity contribution in [3.8, 4) is 11.5 Å². The van der Waals surface area contributed by atoms with Crippen molar-refractivity contribution in [2.45, 2.75) is 38.0 Å². The van der Waals surface area contributed by atoms with Crippen LogP contribution in [0.15, 0.2) is 28.7 Å². The number of aliphatic hydroxyl groups excluding tert-OH is 1. The lowest BCUT2D eigenvalue weighted by Gasteiger charge is -2.28. The average Bonchev–Trinajstić information content (AvgIpc) is 3.35. The van der Waals surface area contributed by atoms with Crippen molar-refractivity contribution in [3.63, 3.8) is 0 Å². The van der Waals surface area contributed by atoms with Gasteiger partial charge in [0, 0.05) is 38.1 Å². The fourth-order valence-electron chi connectivity index (χ4n) is 5.19. The molecule has 2 aromatic rings. The highest BCUT2D eigenvalue weighted by Gasteiger charge is 2.62. The Labute approximate surface area is 151 Å². The lowest BCUT2D eigenvalue weighted by Crippen LogP contribution is -2.37. The minimum absolute atomic E-state index is 0.0932. The van der Waals surface area contributed by atoms with Crippen molar-refractivity contribution in [2.75, 3.05) is 19.7 Å². The van der Waals surface area contributed by atoms with Gasteiger partial charge in [-0.1, -0.05) is 12.1 Å². The van der Waals surface area contributed by atoms with Gasteiger partial charge in [-0.25, -0.2) is 9.37 Å². The topological polar surface area (TPSA) is 58.7 Å². The number of oxazole rings is 1. The Morgan fingerprint density at radius 3 is 3.04 bits per heavy atom. The van der Waals surface area contributed by atoms with Crippen LogP contribution in [0.1, 0.15) is 24.3 Å². The van der Waals surface area contributed by atoms with E-state index < -0.39 is 0 Å². The Morgan fingerprint density at radius 2 is 2.23 bits per heavy atom. The highest BCUT2D eigenvalue weighted by atomic mass is 19.1. The van der Waals surface area contributed by atoms with E-state index >= 15 is 0 Å². The molecule has 0 radical (unpaired) electrons. The summed E-state index contributed by atoms with van der Waals surface area (Å²) in [6.45, 7) is 4.51. The van der Waals surface area contributed by atoms with Gasteiger partial charge in [-0.05, 0) is 31.9 Å². The molecule has 5 rings (SSSR count). The molecule has 1 aromatic heterocycles. The maximum atomic E-state index is 14.0. The number of benzene rings is 1. The predicted octanol–water partition coefficient (Wildman–Crippen LogP) is 2.76. The number of likely N-dealkylation sites (tertiary alicyclic amines) is 1. The van der Waals surface area contributed by atoms with Crippen LogP contribution in [0.3, 0.4) is 0 Å². The van der Waals surface area contributed by atoms with Gasteiger partial charge in [0.05, 0.1) is 23.0 Å². The van der Waals surface area contributed by atoms with Crippen molar-refractivity contribution in [1.29, 1.82) is 0 Å². The molecule has 1 aromatic carbocycles. The highest BCUT2D eigenvalue weighted by Crippen LogP contribution is 2.54. The van der Waals surface area contributed by atoms with Crippen molar-refractivity contribution in [3.05, 3.63) is 41.5 Å². The van der Waals surface area contributed by atoms with E-state index in [1.54, 1.807) is 18.2 Å². The summed E-state index contributed by atoms with van der Waals surface area (Å²) in [7, 11) is 0. The largest absolute Gasteiger partial charge is 0.441 e. The molecule has 0 amide bonds. The van der Waals surface area contributed by atoms with Crippen molar-refractivity contribution >= 4 is 0 Å². The Hall–Kier alpha value is -1.76. The van der Waals surface area contributed by atoms with Crippen LogP contribution >= 0.6 is 0 Å². The zero-order valence-electron chi connectivity index (χ0n) is 14.8. The summed E-state index contributed by atoms with van der Waals surface area (Å²) in [6.07, 6.45) is 2.36. The SMILES string of the molecule is Cc1oc(-c2ccccc2F)nc1CN1C[C@H]2[C@@H](CO)[C@@H]3CC[C@@]2(C1)O3. The first kappa shape index (κ1) is 16.4. The zero-order valence-corrected chi connectivity index (χ0v) is 14.8. The van der Waals surface area contributed by atoms with E-state index in [2.05, 4.69) is 9.88 Å². The highest BCUT2D eigenvalue weighted by molar-refractivity contribution is 5.54. The number of nitrogens with zero attached hydrogens (tertiary/aromatic N) is 2. The minimum atomic E-state index is -0.328. The Bertz CT molecular complexity index is 838. The maximum Gasteiger partial charge on any atom is 0.229 e. The fraction of sp³-hybridized carbons (Fsp3) is 0.550. The van der Waals surface area contributed by atoms with E-state index in [1.165, 1.54) is 6.07 Å². The number of fused-ring (bicyclic) bond motifs is 1. The third-order valence-corrected chi connectivity index (χ3v) is 6.44. The Kier molecular flexibility index (Phi) is 3.71. The van der Waals surface area contributed by atoms with Crippen LogP contribution in [0, 0.1) is 24.6 Å². The molecular weight excluding hydrogens is 335 g/mol. The summed E-state index contributed by atoms with van der Waals surface area (Å²) in [5.41, 5.74) is 1.14. The van der Waals surface area contributed by atoms with E-state index in [-0.39, 0.29) is 30.0 Å². The number of hydrogen-bond donors (Lipinski definition) is 1. The van der Waals surface area contributed by atoms with Crippen LogP contribution in [0.5, 0.6) is 0 Å². The molecule has 26 heavy (non-hydrogen) atoms. The number of aromatic nitrogens is 1. The van der Waals surface area contributed by atoms with Gasteiger partial charge in [0.15, 0.2) is 0 Å². The molecule has 3 aliphatic heterocycles. The van der Waals surface area contributed by atoms with Gasteiger partial charge in [0.1, 0.15) is 11.6 Å². The monoisotopic (exact) mass is 358 g/mol. The van der Waals surface area contributed by atoms with E-state index in [0.29, 0.717) is 23.9 Å². The lowest BCUT2D eigenvalue weighted by atomic mass is 9.74. The summed E-state index contributed by atoms with van der Waals surface area (Å²) < 4.78 is 26.0. The Balaban J connectivity index is 1.36. The van der Waals surface area contributed by atoms with E-state index in [4.69, 9.17) is 9.15 Å². The van der Waals surface area contributed by atoms with Gasteiger partial charge >= 0.3 is 0 Å². The molecule has 1 N–H and O–H groups in total. The van der Waals surface area contributed by atoms with Gasteiger partial charge in [0.25, 0.3) is 0 Å². The number of rotatable bonds is 4. The first-order valence-electron chi connectivity index (χ1n) is 9.32. The molecule has 0 saturated carbocycles. The van der Waals surface area contributed by atoms with Crippen molar-refractivity contribution < 1.29 is 18.7 Å². The second kappa shape index (κ2) is 5.87. The third-order valence-electron chi connectivity index (χ3n) is 6.44. The molecule has 3 fully saturated rings. The normalized spacial score (nSPS) is 33.1. The molecule has 3 saturated heterocycles. The average molecular weight is 358 g/mol. The minimum Gasteiger partial charge on any atom is -0.441 e. The number of aliphatic hydroxyl groups is 1. The summed E-state index contributed by atoms with van der Waals surface area (Å²) in [5, 5.41) is 9.75. The van der Waals surface area contributed by atoms with E-state index in [0.717, 1.165) is 37.4 Å². The van der Waals surface area contributed by atoms with Gasteiger partial charge < -0.3 is 14.3 Å². The Morgan fingerprint density at radius 1 is 1.38 bits per heavy atom. The molecule has 0 aliphatic carbocycles. The van der Waals surface area contributed by atoms with E-state index in [9.17, 15) is 9.50 Å². The fourth-order valence-corrected chi connectivity index (χ4v) is 5.19. The van der Waals surface area contributed by atoms with Crippen LogP contribution in [0.2, 0.25) is 0 Å². The van der Waals surface area contributed by atoms with Crippen LogP contribution in [-0.4, -0.2) is 46.4 Å². The standard InChI is InChI=1S/C20H23FN2O3/c1-12-17(22-19(25-12)13-4-2-3-5-16(13)21)9-23-8-15-14(10-24)18-6-7-20(15,11-23)26-18/h2-5,14-15,18,24H,6-11H2,1H3/t14-,15+,18+,20+/m1/s1. The third kappa shape index (κ3) is 2.36. The summed E-state index contributed by atoms with van der Waals surface area (Å²) in [5.74, 6) is 1.37. The quantitative estimate of drug-likeness (QED) is 0.911. The second-order valence-electron chi connectivity index (χ2n) is 7.88.